The van der Waals surface area contributed by atoms with Crippen molar-refractivity contribution in [2.24, 2.45) is 5.92 Å². The first-order valence-corrected chi connectivity index (χ1v) is 12.7. The Labute approximate surface area is 217 Å². The zero-order valence-corrected chi connectivity index (χ0v) is 21.2. The lowest BCUT2D eigenvalue weighted by molar-refractivity contribution is -0.274. The van der Waals surface area contributed by atoms with E-state index in [1.54, 1.807) is 18.7 Å². The molecule has 0 unspecified atom stereocenters. The Morgan fingerprint density at radius 1 is 1.21 bits per heavy atom. The maximum atomic E-state index is 15.3. The summed E-state index contributed by atoms with van der Waals surface area (Å²) < 4.78 is 56.6. The number of halogens is 4. The number of hydrogen-bond donors (Lipinski definition) is 3. The van der Waals surface area contributed by atoms with Gasteiger partial charge >= 0.3 is 6.36 Å². The van der Waals surface area contributed by atoms with Crippen molar-refractivity contribution < 1.29 is 32.2 Å². The van der Waals surface area contributed by atoms with E-state index in [0.29, 0.717) is 43.6 Å². The van der Waals surface area contributed by atoms with Crippen molar-refractivity contribution in [2.45, 2.75) is 63.8 Å². The van der Waals surface area contributed by atoms with Crippen LogP contribution in [0.2, 0.25) is 0 Å². The molecular weight excluding hydrogens is 504 g/mol. The fourth-order valence-corrected chi connectivity index (χ4v) is 5.85. The molecule has 0 bridgehead atoms. The predicted molar refractivity (Wildman–Crippen MR) is 133 cm³/mol. The number of carbonyl (C=O) groups excluding carboxylic acids is 1. The molecule has 2 aliphatic rings. The molecule has 4 N–H and O–H groups in total. The molecule has 3 aromatic rings. The number of H-pyrrole nitrogens is 1. The number of likely N-dealkylation sites (tertiary alicyclic amines) is 1. The van der Waals surface area contributed by atoms with Crippen LogP contribution in [0.25, 0.3) is 11.0 Å². The predicted octanol–water partition coefficient (Wildman–Crippen LogP) is 5.08. The number of aromatic amines is 1. The van der Waals surface area contributed by atoms with Gasteiger partial charge in [0.1, 0.15) is 17.2 Å². The van der Waals surface area contributed by atoms with E-state index >= 15 is 4.39 Å². The molecule has 1 fully saturated rings. The van der Waals surface area contributed by atoms with Crippen molar-refractivity contribution in [1.29, 1.82) is 0 Å². The fraction of sp³-hybridized carbons (Fsp3) is 0.481. The Morgan fingerprint density at radius 3 is 2.55 bits per heavy atom. The zero-order valence-electron chi connectivity index (χ0n) is 21.2. The van der Waals surface area contributed by atoms with Gasteiger partial charge in [-0.3, -0.25) is 4.79 Å². The smallest absolute Gasteiger partial charge is 0.406 e. The molecule has 1 saturated heterocycles. The number of aromatic nitrogens is 2. The molecular formula is C27H30F4N4O3. The van der Waals surface area contributed by atoms with E-state index in [1.807, 2.05) is 0 Å². The van der Waals surface area contributed by atoms with E-state index in [1.165, 1.54) is 12.3 Å². The number of fused-ring (bicyclic) bond motifs is 3. The summed E-state index contributed by atoms with van der Waals surface area (Å²) in [5.41, 5.74) is 8.25. The molecule has 2 aromatic heterocycles. The number of anilines is 1. The second-order valence-corrected chi connectivity index (χ2v) is 10.8. The van der Waals surface area contributed by atoms with Crippen LogP contribution >= 0.6 is 0 Å². The number of benzene rings is 1. The molecule has 1 aromatic carbocycles. The summed E-state index contributed by atoms with van der Waals surface area (Å²) in [6.45, 7) is 4.28. The highest BCUT2D eigenvalue weighted by Crippen LogP contribution is 2.41. The average molecular weight is 535 g/mol. The number of amides is 1. The van der Waals surface area contributed by atoms with Crippen LogP contribution in [-0.4, -0.2) is 50.9 Å². The molecule has 38 heavy (non-hydrogen) atoms. The van der Waals surface area contributed by atoms with Gasteiger partial charge in [-0.25, -0.2) is 9.37 Å². The lowest BCUT2D eigenvalue weighted by Crippen LogP contribution is -2.38. The number of alkyl halides is 3. The van der Waals surface area contributed by atoms with Crippen LogP contribution in [0.5, 0.6) is 5.75 Å². The lowest BCUT2D eigenvalue weighted by Gasteiger charge is -2.34. The highest BCUT2D eigenvalue weighted by molar-refractivity contribution is 5.99. The number of hydrogen-bond acceptors (Lipinski definition) is 5. The Morgan fingerprint density at radius 2 is 1.92 bits per heavy atom. The Bertz CT molecular complexity index is 1370. The largest absolute Gasteiger partial charge is 0.573 e. The second-order valence-electron chi connectivity index (χ2n) is 10.8. The number of rotatable bonds is 4. The van der Waals surface area contributed by atoms with Gasteiger partial charge in [-0.15, -0.1) is 13.2 Å². The van der Waals surface area contributed by atoms with Crippen LogP contribution in [0.3, 0.4) is 0 Å². The van der Waals surface area contributed by atoms with Crippen molar-refractivity contribution in [2.75, 3.05) is 18.8 Å². The highest BCUT2D eigenvalue weighted by Gasteiger charge is 2.36. The number of ether oxygens (including phenoxy) is 1. The number of nitrogen functional groups attached to an aromatic ring is 1. The molecule has 0 spiro atoms. The topological polar surface area (TPSA) is 104 Å². The van der Waals surface area contributed by atoms with Gasteiger partial charge in [0.05, 0.1) is 17.4 Å². The summed E-state index contributed by atoms with van der Waals surface area (Å²) in [6, 6.07) is 3.26. The van der Waals surface area contributed by atoms with Gasteiger partial charge in [-0.1, -0.05) is 0 Å². The molecule has 0 radical (unpaired) electrons. The third kappa shape index (κ3) is 5.03. The van der Waals surface area contributed by atoms with Crippen LogP contribution in [0.1, 0.15) is 66.2 Å². The van der Waals surface area contributed by atoms with Crippen molar-refractivity contribution in [1.82, 2.24) is 14.9 Å². The van der Waals surface area contributed by atoms with Crippen LogP contribution in [-0.2, 0) is 12.8 Å². The molecule has 1 aliphatic carbocycles. The first-order valence-electron chi connectivity index (χ1n) is 12.7. The van der Waals surface area contributed by atoms with Crippen LogP contribution in [0.4, 0.5) is 23.2 Å². The first kappa shape index (κ1) is 26.3. The van der Waals surface area contributed by atoms with E-state index in [2.05, 4.69) is 14.7 Å². The van der Waals surface area contributed by atoms with E-state index in [9.17, 15) is 23.1 Å². The van der Waals surface area contributed by atoms with Gasteiger partial charge in [0.15, 0.2) is 0 Å². The summed E-state index contributed by atoms with van der Waals surface area (Å²) in [5, 5.41) is 11.4. The molecule has 5 rings (SSSR count). The quantitative estimate of drug-likeness (QED) is 0.320. The Hall–Kier alpha value is -3.34. The van der Waals surface area contributed by atoms with Crippen LogP contribution < -0.4 is 10.5 Å². The number of nitrogens with zero attached hydrogens (tertiary/aromatic N) is 2. The van der Waals surface area contributed by atoms with Gasteiger partial charge in [0.25, 0.3) is 5.91 Å². The maximum Gasteiger partial charge on any atom is 0.573 e. The van der Waals surface area contributed by atoms with E-state index < -0.39 is 23.6 Å². The van der Waals surface area contributed by atoms with Crippen molar-refractivity contribution >= 4 is 22.6 Å². The number of aryl methyl sites for hydroxylation is 1. The molecule has 1 amide bonds. The zero-order chi connectivity index (χ0) is 27.4. The number of nitrogens with one attached hydrogen (secondary N) is 1. The minimum absolute atomic E-state index is 0.0444. The van der Waals surface area contributed by atoms with Gasteiger partial charge in [-0.05, 0) is 75.5 Å². The van der Waals surface area contributed by atoms with Crippen LogP contribution in [0, 0.1) is 11.7 Å². The van der Waals surface area contributed by atoms with E-state index in [0.717, 1.165) is 41.6 Å². The summed E-state index contributed by atoms with van der Waals surface area (Å²) in [4.78, 5) is 22.3. The second kappa shape index (κ2) is 9.44. The normalized spacial score (nSPS) is 19.0. The van der Waals surface area contributed by atoms with Crippen molar-refractivity contribution in [3.8, 4) is 5.75 Å². The van der Waals surface area contributed by atoms with Crippen molar-refractivity contribution in [3.05, 3.63) is 52.6 Å². The van der Waals surface area contributed by atoms with Crippen LogP contribution in [0.15, 0.2) is 24.4 Å². The maximum absolute atomic E-state index is 15.3. The van der Waals surface area contributed by atoms with E-state index in [-0.39, 0.29) is 28.9 Å². The summed E-state index contributed by atoms with van der Waals surface area (Å²) in [5.74, 6) is -1.38. The minimum Gasteiger partial charge on any atom is -0.406 e. The third-order valence-corrected chi connectivity index (χ3v) is 7.88. The molecule has 1 aliphatic heterocycles. The third-order valence-electron chi connectivity index (χ3n) is 7.88. The number of nitrogens with two attached hydrogens (primary N) is 1. The first-order chi connectivity index (χ1) is 17.8. The van der Waals surface area contributed by atoms with Crippen molar-refractivity contribution in [3.63, 3.8) is 0 Å². The molecule has 7 nitrogen and oxygen atoms in total. The monoisotopic (exact) mass is 534 g/mol. The summed E-state index contributed by atoms with van der Waals surface area (Å²) in [6.07, 6.45) is -0.409. The number of carbonyl (C=O) groups is 1. The Kier molecular flexibility index (Phi) is 6.53. The average Bonchev–Trinajstić information content (AvgIpc) is 3.20. The molecule has 3 heterocycles. The van der Waals surface area contributed by atoms with Gasteiger partial charge in [0, 0.05) is 41.5 Å². The minimum atomic E-state index is -4.86. The van der Waals surface area contributed by atoms with Gasteiger partial charge in [-0.2, -0.15) is 0 Å². The highest BCUT2D eigenvalue weighted by atomic mass is 19.4. The van der Waals surface area contributed by atoms with E-state index in [4.69, 9.17) is 5.73 Å². The van der Waals surface area contributed by atoms with Gasteiger partial charge in [0.2, 0.25) is 0 Å². The molecule has 204 valence electrons. The number of piperidine rings is 1. The molecule has 11 heteroatoms. The standard InChI is InChI=1S/C27H30F4N4O3/c1-26(2,37)15-3-6-21-18(11-15)23-22(19(28)13-33-24(23)34-21)14-7-9-35(10-8-14)25(36)17-5-4-16(12-20(17)32)38-27(29,30)31/h4-5,12-15,37H,3,6-11,32H2,1-2H3,(H,33,34)/t15-/m1/s1. The summed E-state index contributed by atoms with van der Waals surface area (Å²) >= 11 is 0. The SMILES string of the molecule is CC(C)(O)[C@@H]1CCc2[nH]c3ncc(F)c(C4CCN(C(=O)c5ccc(OC(F)(F)F)cc5N)CC4)c3c2C1. The summed E-state index contributed by atoms with van der Waals surface area (Å²) in [7, 11) is 0. The molecule has 0 saturated carbocycles. The number of aliphatic hydroxyl groups is 1. The molecule has 1 atom stereocenters. The Balaban J connectivity index is 1.36. The number of pyridine rings is 1. The fourth-order valence-electron chi connectivity index (χ4n) is 5.85. The lowest BCUT2D eigenvalue weighted by atomic mass is 9.76. The van der Waals surface area contributed by atoms with Gasteiger partial charge < -0.3 is 25.5 Å².